The van der Waals surface area contributed by atoms with Crippen molar-refractivity contribution in [2.24, 2.45) is 11.7 Å². The molecule has 1 heterocycles. The van der Waals surface area contributed by atoms with Crippen molar-refractivity contribution >= 4 is 17.5 Å². The molecule has 1 fully saturated rings. The van der Waals surface area contributed by atoms with Crippen LogP contribution in [0.4, 0.5) is 0 Å². The fourth-order valence-electron chi connectivity index (χ4n) is 1.32. The van der Waals surface area contributed by atoms with Gasteiger partial charge in [-0.15, -0.1) is 11.8 Å². The molecule has 0 amide bonds. The van der Waals surface area contributed by atoms with Gasteiger partial charge in [-0.05, 0) is 5.92 Å². The fraction of sp³-hybridized carbons (Fsp3) is 0.889. The second-order valence-electron chi connectivity index (χ2n) is 3.52. The van der Waals surface area contributed by atoms with Crippen molar-refractivity contribution in [1.29, 1.82) is 0 Å². The number of hydrogen-bond acceptors (Lipinski definition) is 4. The SMILES string of the molecule is CC[C@H](C)[C@@H](N)C(=O)C1NCCS1. The number of Topliss-reactive ketones (excluding diaryl/α,β-unsaturated/α-hetero) is 1. The van der Waals surface area contributed by atoms with E-state index in [4.69, 9.17) is 5.73 Å². The first kappa shape index (κ1) is 11.0. The van der Waals surface area contributed by atoms with Gasteiger partial charge in [-0.2, -0.15) is 0 Å². The van der Waals surface area contributed by atoms with Crippen molar-refractivity contribution < 1.29 is 4.79 Å². The second kappa shape index (κ2) is 4.98. The number of ketones is 1. The van der Waals surface area contributed by atoms with E-state index >= 15 is 0 Å². The highest BCUT2D eigenvalue weighted by Crippen LogP contribution is 2.18. The molecule has 3 atom stereocenters. The van der Waals surface area contributed by atoms with Crippen molar-refractivity contribution in [2.45, 2.75) is 31.7 Å². The lowest BCUT2D eigenvalue weighted by atomic mass is 9.96. The van der Waals surface area contributed by atoms with E-state index < -0.39 is 0 Å². The maximum Gasteiger partial charge on any atom is 0.176 e. The zero-order chi connectivity index (χ0) is 9.84. The molecule has 0 spiro atoms. The summed E-state index contributed by atoms with van der Waals surface area (Å²) >= 11 is 1.67. The predicted octanol–water partition coefficient (Wildman–Crippen LogP) is 0.591. The second-order valence-corrected chi connectivity index (χ2v) is 4.73. The lowest BCUT2D eigenvalue weighted by Gasteiger charge is -2.19. The van der Waals surface area contributed by atoms with Gasteiger partial charge in [-0.25, -0.2) is 0 Å². The zero-order valence-electron chi connectivity index (χ0n) is 8.25. The van der Waals surface area contributed by atoms with Gasteiger partial charge in [0.25, 0.3) is 0 Å². The Morgan fingerprint density at radius 3 is 2.92 bits per heavy atom. The molecule has 1 rings (SSSR count). The number of nitrogens with two attached hydrogens (primary N) is 1. The molecule has 1 aliphatic rings. The maximum atomic E-state index is 11.7. The van der Waals surface area contributed by atoms with Crippen molar-refractivity contribution in [1.82, 2.24) is 5.32 Å². The van der Waals surface area contributed by atoms with Gasteiger partial charge in [0.1, 0.15) is 5.37 Å². The lowest BCUT2D eigenvalue weighted by molar-refractivity contribution is -0.121. The Kier molecular flexibility index (Phi) is 4.22. The Morgan fingerprint density at radius 2 is 2.46 bits per heavy atom. The first-order chi connectivity index (χ1) is 6.16. The van der Waals surface area contributed by atoms with E-state index in [1.165, 1.54) is 0 Å². The maximum absolute atomic E-state index is 11.7. The van der Waals surface area contributed by atoms with E-state index in [9.17, 15) is 4.79 Å². The average molecular weight is 202 g/mol. The minimum absolute atomic E-state index is 0.0519. The Bertz CT molecular complexity index is 180. The van der Waals surface area contributed by atoms with Gasteiger partial charge in [-0.3, -0.25) is 10.1 Å². The van der Waals surface area contributed by atoms with Crippen molar-refractivity contribution in [3.8, 4) is 0 Å². The van der Waals surface area contributed by atoms with Crippen LogP contribution in [0.15, 0.2) is 0 Å². The van der Waals surface area contributed by atoms with Crippen LogP contribution in [0.3, 0.4) is 0 Å². The smallest absolute Gasteiger partial charge is 0.176 e. The summed E-state index contributed by atoms with van der Waals surface area (Å²) in [5.74, 6) is 1.47. The highest BCUT2D eigenvalue weighted by Gasteiger charge is 2.29. The number of rotatable bonds is 4. The number of hydrogen-bond donors (Lipinski definition) is 2. The Balaban J connectivity index is 2.45. The van der Waals surface area contributed by atoms with Crippen LogP contribution in [0.2, 0.25) is 0 Å². The Labute approximate surface area is 83.8 Å². The first-order valence-corrected chi connectivity index (χ1v) is 5.86. The monoisotopic (exact) mass is 202 g/mol. The van der Waals surface area contributed by atoms with E-state index in [-0.39, 0.29) is 23.1 Å². The lowest BCUT2D eigenvalue weighted by Crippen LogP contribution is -2.45. The summed E-state index contributed by atoms with van der Waals surface area (Å²) in [6, 6.07) is -0.298. The molecule has 0 aromatic heterocycles. The van der Waals surface area contributed by atoms with Gasteiger partial charge in [0.2, 0.25) is 0 Å². The third-order valence-corrected chi connectivity index (χ3v) is 3.73. The molecule has 4 heteroatoms. The van der Waals surface area contributed by atoms with Crippen LogP contribution in [-0.2, 0) is 4.79 Å². The highest BCUT2D eigenvalue weighted by molar-refractivity contribution is 8.00. The molecule has 13 heavy (non-hydrogen) atoms. The van der Waals surface area contributed by atoms with Gasteiger partial charge in [-0.1, -0.05) is 20.3 Å². The first-order valence-electron chi connectivity index (χ1n) is 4.81. The van der Waals surface area contributed by atoms with Crippen molar-refractivity contribution in [3.63, 3.8) is 0 Å². The normalized spacial score (nSPS) is 27.2. The van der Waals surface area contributed by atoms with Gasteiger partial charge in [0, 0.05) is 12.3 Å². The van der Waals surface area contributed by atoms with Gasteiger partial charge in [0.15, 0.2) is 5.78 Å². The zero-order valence-corrected chi connectivity index (χ0v) is 9.06. The van der Waals surface area contributed by atoms with E-state index in [0.29, 0.717) is 0 Å². The molecule has 0 aromatic carbocycles. The fourth-order valence-corrected chi connectivity index (χ4v) is 2.35. The van der Waals surface area contributed by atoms with Crippen LogP contribution in [0.5, 0.6) is 0 Å². The van der Waals surface area contributed by atoms with Crippen LogP contribution in [0.1, 0.15) is 20.3 Å². The predicted molar refractivity (Wildman–Crippen MR) is 56.7 cm³/mol. The molecular weight excluding hydrogens is 184 g/mol. The van der Waals surface area contributed by atoms with Crippen molar-refractivity contribution in [2.75, 3.05) is 12.3 Å². The summed E-state index contributed by atoms with van der Waals surface area (Å²) in [5.41, 5.74) is 5.85. The third kappa shape index (κ3) is 2.69. The molecule has 1 aliphatic heterocycles. The largest absolute Gasteiger partial charge is 0.321 e. The molecule has 1 saturated heterocycles. The molecule has 0 bridgehead atoms. The molecular formula is C9H18N2OS. The van der Waals surface area contributed by atoms with Crippen LogP contribution in [-0.4, -0.2) is 29.5 Å². The molecule has 0 saturated carbocycles. The molecule has 3 N–H and O–H groups in total. The molecule has 76 valence electrons. The summed E-state index contributed by atoms with van der Waals surface area (Å²) in [6.45, 7) is 5.02. The number of thioether (sulfide) groups is 1. The molecule has 1 unspecified atom stereocenters. The third-order valence-electron chi connectivity index (χ3n) is 2.56. The van der Waals surface area contributed by atoms with Crippen LogP contribution in [0.25, 0.3) is 0 Å². The molecule has 0 aliphatic carbocycles. The Morgan fingerprint density at radius 1 is 1.77 bits per heavy atom. The molecule has 0 aromatic rings. The van der Waals surface area contributed by atoms with E-state index in [0.717, 1.165) is 18.7 Å². The molecule has 3 nitrogen and oxygen atoms in total. The number of nitrogens with one attached hydrogen (secondary N) is 1. The number of carbonyl (C=O) groups is 1. The summed E-state index contributed by atoms with van der Waals surface area (Å²) in [4.78, 5) is 11.7. The summed E-state index contributed by atoms with van der Waals surface area (Å²) in [6.07, 6.45) is 0.963. The van der Waals surface area contributed by atoms with Crippen LogP contribution >= 0.6 is 11.8 Å². The van der Waals surface area contributed by atoms with Gasteiger partial charge in [0.05, 0.1) is 6.04 Å². The quantitative estimate of drug-likeness (QED) is 0.700. The van der Waals surface area contributed by atoms with Crippen LogP contribution < -0.4 is 11.1 Å². The standard InChI is InChI=1S/C9H18N2OS/c1-3-6(2)7(10)8(12)9-11-4-5-13-9/h6-7,9,11H,3-5,10H2,1-2H3/t6-,7+,9?/m0/s1. The van der Waals surface area contributed by atoms with Gasteiger partial charge < -0.3 is 5.73 Å². The molecule has 0 radical (unpaired) electrons. The highest BCUT2D eigenvalue weighted by atomic mass is 32.2. The summed E-state index contributed by atoms with van der Waals surface area (Å²) in [7, 11) is 0. The van der Waals surface area contributed by atoms with E-state index in [1.807, 2.05) is 6.92 Å². The topological polar surface area (TPSA) is 55.1 Å². The Hall–Kier alpha value is -0.0600. The number of carbonyl (C=O) groups excluding carboxylic acids is 1. The van der Waals surface area contributed by atoms with Crippen molar-refractivity contribution in [3.05, 3.63) is 0 Å². The minimum Gasteiger partial charge on any atom is -0.321 e. The summed E-state index contributed by atoms with van der Waals surface area (Å²) < 4.78 is 0. The average Bonchev–Trinajstić information content (AvgIpc) is 2.67. The summed E-state index contributed by atoms with van der Waals surface area (Å²) in [5, 5.41) is 3.10. The van der Waals surface area contributed by atoms with Gasteiger partial charge >= 0.3 is 0 Å². The van der Waals surface area contributed by atoms with E-state index in [1.54, 1.807) is 11.8 Å². The minimum atomic E-state index is -0.298. The van der Waals surface area contributed by atoms with E-state index in [2.05, 4.69) is 12.2 Å². The van der Waals surface area contributed by atoms with Crippen LogP contribution in [0, 0.1) is 5.92 Å².